The molecule has 1 aliphatic rings. The van der Waals surface area contributed by atoms with Crippen molar-refractivity contribution in [1.82, 2.24) is 4.90 Å². The fourth-order valence-corrected chi connectivity index (χ4v) is 2.65. The number of rotatable bonds is 1. The van der Waals surface area contributed by atoms with Crippen LogP contribution in [0, 0.1) is 0 Å². The van der Waals surface area contributed by atoms with Crippen molar-refractivity contribution in [2.24, 2.45) is 0 Å². The minimum absolute atomic E-state index is 0.318. The van der Waals surface area contributed by atoms with Gasteiger partial charge in [0.15, 0.2) is 9.84 Å². The van der Waals surface area contributed by atoms with Gasteiger partial charge in [-0.1, -0.05) is 15.9 Å². The van der Waals surface area contributed by atoms with Gasteiger partial charge in [-0.15, -0.1) is 0 Å². The molecule has 1 heterocycles. The standard InChI is InChI=1S/C5H10BrNO2S/c6-5-7-1-3-10(8,9)4-2-7/h1-5H2. The predicted molar refractivity (Wildman–Crippen MR) is 44.0 cm³/mol. The molecule has 1 rings (SSSR count). The minimum atomic E-state index is -2.69. The van der Waals surface area contributed by atoms with Crippen LogP contribution in [0.5, 0.6) is 0 Å². The van der Waals surface area contributed by atoms with E-state index in [9.17, 15) is 8.42 Å². The summed E-state index contributed by atoms with van der Waals surface area (Å²) >= 11 is 3.28. The van der Waals surface area contributed by atoms with Crippen molar-refractivity contribution < 1.29 is 8.42 Å². The maximum Gasteiger partial charge on any atom is 0.152 e. The van der Waals surface area contributed by atoms with Crippen molar-refractivity contribution >= 4 is 25.8 Å². The first kappa shape index (κ1) is 8.49. The first-order chi connectivity index (χ1) is 4.64. The highest BCUT2D eigenvalue weighted by Crippen LogP contribution is 2.04. The van der Waals surface area contributed by atoms with Gasteiger partial charge in [0.05, 0.1) is 17.0 Å². The van der Waals surface area contributed by atoms with Crippen molar-refractivity contribution in [1.29, 1.82) is 0 Å². The number of hydrogen-bond acceptors (Lipinski definition) is 3. The molecular formula is C5H10BrNO2S. The summed E-state index contributed by atoms with van der Waals surface area (Å²) in [5, 5.41) is 0. The molecule has 0 saturated carbocycles. The zero-order chi connectivity index (χ0) is 7.61. The van der Waals surface area contributed by atoms with Crippen LogP contribution in [0.4, 0.5) is 0 Å². The van der Waals surface area contributed by atoms with E-state index in [-0.39, 0.29) is 0 Å². The zero-order valence-corrected chi connectivity index (χ0v) is 7.99. The molecule has 5 heteroatoms. The number of halogens is 1. The Hall–Kier alpha value is 0.390. The summed E-state index contributed by atoms with van der Waals surface area (Å²) in [5.41, 5.74) is 0.780. The monoisotopic (exact) mass is 227 g/mol. The van der Waals surface area contributed by atoms with E-state index in [1.54, 1.807) is 0 Å². The molecule has 60 valence electrons. The Labute approximate surface area is 69.4 Å². The fourth-order valence-electron chi connectivity index (χ4n) is 0.870. The van der Waals surface area contributed by atoms with Crippen LogP contribution in [-0.2, 0) is 9.84 Å². The Morgan fingerprint density at radius 3 is 2.20 bits per heavy atom. The molecule has 1 fully saturated rings. The van der Waals surface area contributed by atoms with E-state index in [1.807, 2.05) is 0 Å². The summed E-state index contributed by atoms with van der Waals surface area (Å²) in [5.74, 6) is 0.636. The lowest BCUT2D eigenvalue weighted by molar-refractivity contribution is 0.350. The van der Waals surface area contributed by atoms with Gasteiger partial charge < -0.3 is 0 Å². The second-order valence-corrected chi connectivity index (χ2v) is 5.19. The third-order valence-corrected chi connectivity index (χ3v) is 3.92. The van der Waals surface area contributed by atoms with E-state index in [0.29, 0.717) is 24.6 Å². The molecule has 10 heavy (non-hydrogen) atoms. The normalized spacial score (nSPS) is 26.5. The summed E-state index contributed by atoms with van der Waals surface area (Å²) in [4.78, 5) is 2.07. The lowest BCUT2D eigenvalue weighted by atomic mass is 10.6. The van der Waals surface area contributed by atoms with Gasteiger partial charge in [-0.2, -0.15) is 0 Å². The molecule has 0 aromatic rings. The summed E-state index contributed by atoms with van der Waals surface area (Å²) in [6, 6.07) is 0. The molecular weight excluding hydrogens is 218 g/mol. The molecule has 0 amide bonds. The van der Waals surface area contributed by atoms with Gasteiger partial charge in [-0.3, -0.25) is 4.90 Å². The van der Waals surface area contributed by atoms with Crippen molar-refractivity contribution in [2.45, 2.75) is 0 Å². The molecule has 0 aromatic carbocycles. The number of alkyl halides is 1. The maximum absolute atomic E-state index is 10.9. The topological polar surface area (TPSA) is 37.4 Å². The first-order valence-electron chi connectivity index (χ1n) is 3.13. The van der Waals surface area contributed by atoms with Gasteiger partial charge in [-0.05, 0) is 0 Å². The lowest BCUT2D eigenvalue weighted by Crippen LogP contribution is -2.39. The molecule has 0 spiro atoms. The van der Waals surface area contributed by atoms with E-state index < -0.39 is 9.84 Å². The van der Waals surface area contributed by atoms with Crippen LogP contribution >= 0.6 is 15.9 Å². The van der Waals surface area contributed by atoms with E-state index in [4.69, 9.17) is 0 Å². The molecule has 3 nitrogen and oxygen atoms in total. The third-order valence-electron chi connectivity index (χ3n) is 1.61. The highest BCUT2D eigenvalue weighted by Gasteiger charge is 2.19. The Bertz CT molecular complexity index is 188. The predicted octanol–water partition coefficient (Wildman–Crippen LogP) is 0.0692. The fraction of sp³-hybridized carbons (Fsp3) is 1.00. The molecule has 1 aliphatic heterocycles. The Balaban J connectivity index is 2.46. The molecule has 0 aromatic heterocycles. The molecule has 0 radical (unpaired) electrons. The summed E-state index contributed by atoms with van der Waals surface area (Å²) in [6.07, 6.45) is 0. The average Bonchev–Trinajstić information content (AvgIpc) is 1.88. The van der Waals surface area contributed by atoms with Crippen LogP contribution in [0.25, 0.3) is 0 Å². The van der Waals surface area contributed by atoms with Gasteiger partial charge >= 0.3 is 0 Å². The second kappa shape index (κ2) is 3.19. The Morgan fingerprint density at radius 2 is 1.80 bits per heavy atom. The number of sulfone groups is 1. The second-order valence-electron chi connectivity index (χ2n) is 2.39. The maximum atomic E-state index is 10.9. The van der Waals surface area contributed by atoms with Gasteiger partial charge in [0.1, 0.15) is 0 Å². The SMILES string of the molecule is O=S1(=O)CCN(CBr)CC1. The summed E-state index contributed by atoms with van der Waals surface area (Å²) in [6.45, 7) is 1.35. The average molecular weight is 228 g/mol. The molecule has 0 atom stereocenters. The van der Waals surface area contributed by atoms with Crippen LogP contribution in [-0.4, -0.2) is 43.4 Å². The van der Waals surface area contributed by atoms with Gasteiger partial charge in [0.2, 0.25) is 0 Å². The van der Waals surface area contributed by atoms with E-state index >= 15 is 0 Å². The summed E-state index contributed by atoms with van der Waals surface area (Å²) < 4.78 is 21.7. The quantitative estimate of drug-likeness (QED) is 0.470. The van der Waals surface area contributed by atoms with Crippen molar-refractivity contribution in [3.63, 3.8) is 0 Å². The number of hydrogen-bond donors (Lipinski definition) is 0. The molecule has 0 bridgehead atoms. The first-order valence-corrected chi connectivity index (χ1v) is 6.07. The van der Waals surface area contributed by atoms with Crippen LogP contribution in [0.15, 0.2) is 0 Å². The summed E-state index contributed by atoms with van der Waals surface area (Å²) in [7, 11) is -2.69. The molecule has 1 saturated heterocycles. The van der Waals surface area contributed by atoms with Gasteiger partial charge in [0.25, 0.3) is 0 Å². The smallest absolute Gasteiger partial charge is 0.152 e. The van der Waals surface area contributed by atoms with Crippen LogP contribution in [0.2, 0.25) is 0 Å². The highest BCUT2D eigenvalue weighted by atomic mass is 79.9. The van der Waals surface area contributed by atoms with Crippen LogP contribution < -0.4 is 0 Å². The highest BCUT2D eigenvalue weighted by molar-refractivity contribution is 9.09. The van der Waals surface area contributed by atoms with Crippen LogP contribution in [0.1, 0.15) is 0 Å². The van der Waals surface area contributed by atoms with Crippen molar-refractivity contribution in [2.75, 3.05) is 30.0 Å². The number of nitrogens with zero attached hydrogens (tertiary/aromatic N) is 1. The van der Waals surface area contributed by atoms with Crippen LogP contribution in [0.3, 0.4) is 0 Å². The Kier molecular flexibility index (Phi) is 2.71. The molecule has 0 aliphatic carbocycles. The Morgan fingerprint density at radius 1 is 1.30 bits per heavy atom. The zero-order valence-electron chi connectivity index (χ0n) is 5.59. The van der Waals surface area contributed by atoms with Gasteiger partial charge in [0, 0.05) is 13.1 Å². The third kappa shape index (κ3) is 2.21. The molecule has 0 N–H and O–H groups in total. The van der Waals surface area contributed by atoms with Crippen molar-refractivity contribution in [3.8, 4) is 0 Å². The van der Waals surface area contributed by atoms with E-state index in [1.165, 1.54) is 0 Å². The minimum Gasteiger partial charge on any atom is -0.291 e. The van der Waals surface area contributed by atoms with Crippen molar-refractivity contribution in [3.05, 3.63) is 0 Å². The van der Waals surface area contributed by atoms with E-state index in [2.05, 4.69) is 20.8 Å². The van der Waals surface area contributed by atoms with Gasteiger partial charge in [-0.25, -0.2) is 8.42 Å². The largest absolute Gasteiger partial charge is 0.291 e. The lowest BCUT2D eigenvalue weighted by Gasteiger charge is -2.23. The molecule has 0 unspecified atom stereocenters. The van der Waals surface area contributed by atoms with E-state index in [0.717, 1.165) is 5.45 Å².